The molecule has 0 aliphatic carbocycles. The predicted octanol–water partition coefficient (Wildman–Crippen LogP) is 1.63. The number of nitrogens with one attached hydrogen (secondary N) is 1. The summed E-state index contributed by atoms with van der Waals surface area (Å²) in [5.74, 6) is -10.5. The van der Waals surface area contributed by atoms with E-state index in [1.807, 2.05) is 0 Å². The van der Waals surface area contributed by atoms with Crippen LogP contribution in [0.25, 0.3) is 0 Å². The molecule has 1 atom stereocenters. The summed E-state index contributed by atoms with van der Waals surface area (Å²) in [5, 5.41) is 8.84. The van der Waals surface area contributed by atoms with Gasteiger partial charge in [-0.2, -0.15) is 4.72 Å². The molecule has 1 rings (SSSR count). The van der Waals surface area contributed by atoms with Gasteiger partial charge in [-0.3, -0.25) is 4.79 Å². The first kappa shape index (κ1) is 17.4. The summed E-state index contributed by atoms with van der Waals surface area (Å²) in [4.78, 5) is 8.99. The number of sulfonamides is 1. The molecule has 21 heavy (non-hydrogen) atoms. The molecular formula is C11H11F4NO4S. The van der Waals surface area contributed by atoms with Gasteiger partial charge in [0, 0.05) is 6.07 Å². The molecule has 0 aliphatic heterocycles. The topological polar surface area (TPSA) is 83.5 Å². The molecule has 0 spiro atoms. The Bertz CT molecular complexity index is 649. The molecule has 0 aromatic heterocycles. The van der Waals surface area contributed by atoms with Crippen molar-refractivity contribution in [1.29, 1.82) is 0 Å². The first-order chi connectivity index (χ1) is 9.49. The number of benzene rings is 1. The maximum Gasteiger partial charge on any atom is 0.322 e. The molecule has 0 saturated heterocycles. The lowest BCUT2D eigenvalue weighted by Gasteiger charge is -2.18. The SMILES string of the molecule is CC(C)[C@@H](NS(=O)(=O)c1c(F)c(F)cc(F)c1F)C(=O)O. The Balaban J connectivity index is 3.42. The highest BCUT2D eigenvalue weighted by Crippen LogP contribution is 2.24. The van der Waals surface area contributed by atoms with Crippen LogP contribution in [0.3, 0.4) is 0 Å². The third-order valence-electron chi connectivity index (χ3n) is 2.56. The molecule has 1 aromatic carbocycles. The number of hydrogen-bond donors (Lipinski definition) is 2. The van der Waals surface area contributed by atoms with Gasteiger partial charge in [0.1, 0.15) is 6.04 Å². The van der Waals surface area contributed by atoms with Crippen molar-refractivity contribution in [2.45, 2.75) is 24.8 Å². The van der Waals surface area contributed by atoms with Crippen molar-refractivity contribution >= 4 is 16.0 Å². The van der Waals surface area contributed by atoms with Crippen molar-refractivity contribution in [3.05, 3.63) is 29.3 Å². The fraction of sp³-hybridized carbons (Fsp3) is 0.364. The highest BCUT2D eigenvalue weighted by molar-refractivity contribution is 7.89. The van der Waals surface area contributed by atoms with E-state index in [1.165, 1.54) is 18.6 Å². The monoisotopic (exact) mass is 329 g/mol. The standard InChI is InChI=1S/C11H11F4NO4S/c1-4(2)9(11(17)18)16-21(19,20)10-7(14)5(12)3-6(13)8(10)15/h3-4,9,16H,1-2H3,(H,17,18)/t9-/m1/s1. The van der Waals surface area contributed by atoms with Gasteiger partial charge in [0.15, 0.2) is 28.2 Å². The van der Waals surface area contributed by atoms with Crippen molar-refractivity contribution in [2.24, 2.45) is 5.92 Å². The molecule has 10 heteroatoms. The van der Waals surface area contributed by atoms with Gasteiger partial charge in [-0.1, -0.05) is 13.8 Å². The zero-order chi connectivity index (χ0) is 16.5. The van der Waals surface area contributed by atoms with Gasteiger partial charge >= 0.3 is 5.97 Å². The maximum atomic E-state index is 13.4. The number of rotatable bonds is 5. The van der Waals surface area contributed by atoms with Crippen molar-refractivity contribution in [2.75, 3.05) is 0 Å². The van der Waals surface area contributed by atoms with Crippen LogP contribution in [0.15, 0.2) is 11.0 Å². The highest BCUT2D eigenvalue weighted by atomic mass is 32.2. The van der Waals surface area contributed by atoms with Crippen molar-refractivity contribution in [1.82, 2.24) is 4.72 Å². The molecule has 0 bridgehead atoms. The Kier molecular flexibility index (Phi) is 4.95. The molecule has 1 aromatic rings. The zero-order valence-corrected chi connectivity index (χ0v) is 11.6. The lowest BCUT2D eigenvalue weighted by atomic mass is 10.1. The first-order valence-corrected chi connectivity index (χ1v) is 7.05. The van der Waals surface area contributed by atoms with Crippen molar-refractivity contribution in [3.63, 3.8) is 0 Å². The number of carboxylic acids is 1. The van der Waals surface area contributed by atoms with E-state index < -0.39 is 56.1 Å². The maximum absolute atomic E-state index is 13.4. The molecule has 0 heterocycles. The minimum absolute atomic E-state index is 0.152. The summed E-state index contributed by atoms with van der Waals surface area (Å²) in [5.41, 5.74) is 0. The van der Waals surface area contributed by atoms with Gasteiger partial charge in [-0.25, -0.2) is 26.0 Å². The fourth-order valence-corrected chi connectivity index (χ4v) is 2.98. The second kappa shape index (κ2) is 5.98. The molecule has 0 saturated carbocycles. The van der Waals surface area contributed by atoms with E-state index in [2.05, 4.69) is 0 Å². The van der Waals surface area contributed by atoms with Gasteiger partial charge in [0.05, 0.1) is 0 Å². The summed E-state index contributed by atoms with van der Waals surface area (Å²) in [6.45, 7) is 2.67. The Morgan fingerprint density at radius 2 is 1.57 bits per heavy atom. The number of halogens is 4. The van der Waals surface area contributed by atoms with Gasteiger partial charge < -0.3 is 5.11 Å². The van der Waals surface area contributed by atoms with Crippen LogP contribution in [0.5, 0.6) is 0 Å². The molecule has 0 unspecified atom stereocenters. The lowest BCUT2D eigenvalue weighted by molar-refractivity contribution is -0.140. The minimum atomic E-state index is -5.12. The third-order valence-corrected chi connectivity index (χ3v) is 4.02. The van der Waals surface area contributed by atoms with E-state index in [0.29, 0.717) is 0 Å². The minimum Gasteiger partial charge on any atom is -0.480 e. The number of carbonyl (C=O) groups is 1. The number of hydrogen-bond acceptors (Lipinski definition) is 3. The van der Waals surface area contributed by atoms with E-state index in [0.717, 1.165) is 0 Å². The van der Waals surface area contributed by atoms with E-state index in [-0.39, 0.29) is 6.07 Å². The molecule has 0 fully saturated rings. The van der Waals surface area contributed by atoms with Crippen molar-refractivity contribution in [3.8, 4) is 0 Å². The average molecular weight is 329 g/mol. The summed E-state index contributed by atoms with van der Waals surface area (Å²) in [7, 11) is -5.12. The van der Waals surface area contributed by atoms with Gasteiger partial charge in [-0.05, 0) is 5.92 Å². The van der Waals surface area contributed by atoms with Crippen LogP contribution >= 0.6 is 0 Å². The zero-order valence-electron chi connectivity index (χ0n) is 10.8. The second-order valence-corrected chi connectivity index (χ2v) is 6.13. The van der Waals surface area contributed by atoms with E-state index in [4.69, 9.17) is 5.11 Å². The van der Waals surface area contributed by atoms with E-state index >= 15 is 0 Å². The fourth-order valence-electron chi connectivity index (χ4n) is 1.48. The predicted molar refractivity (Wildman–Crippen MR) is 62.9 cm³/mol. The molecule has 0 amide bonds. The normalized spacial score (nSPS) is 13.5. The summed E-state index contributed by atoms with van der Waals surface area (Å²) in [6, 6.07) is -1.87. The third kappa shape index (κ3) is 3.50. The smallest absolute Gasteiger partial charge is 0.322 e. The molecule has 2 N–H and O–H groups in total. The summed E-state index contributed by atoms with van der Waals surface area (Å²) < 4.78 is 78.0. The number of carboxylic acid groups (broad SMARTS) is 1. The van der Waals surface area contributed by atoms with E-state index in [9.17, 15) is 30.8 Å². The molecule has 0 aliphatic rings. The second-order valence-electron chi connectivity index (χ2n) is 4.48. The first-order valence-electron chi connectivity index (χ1n) is 5.57. The quantitative estimate of drug-likeness (QED) is 0.635. The largest absolute Gasteiger partial charge is 0.480 e. The highest BCUT2D eigenvalue weighted by Gasteiger charge is 2.34. The Hall–Kier alpha value is -1.68. The van der Waals surface area contributed by atoms with Crippen LogP contribution in [0, 0.1) is 29.2 Å². The summed E-state index contributed by atoms with van der Waals surface area (Å²) >= 11 is 0. The Morgan fingerprint density at radius 1 is 1.14 bits per heavy atom. The Morgan fingerprint density at radius 3 is 1.90 bits per heavy atom. The average Bonchev–Trinajstić information content (AvgIpc) is 2.33. The van der Waals surface area contributed by atoms with Crippen LogP contribution in [0.4, 0.5) is 17.6 Å². The van der Waals surface area contributed by atoms with E-state index in [1.54, 1.807) is 0 Å². The van der Waals surface area contributed by atoms with Gasteiger partial charge in [-0.15, -0.1) is 0 Å². The van der Waals surface area contributed by atoms with Crippen LogP contribution in [-0.2, 0) is 14.8 Å². The van der Waals surface area contributed by atoms with Crippen LogP contribution in [0.2, 0.25) is 0 Å². The molecular weight excluding hydrogens is 318 g/mol. The summed E-state index contributed by atoms with van der Waals surface area (Å²) in [6.07, 6.45) is 0. The van der Waals surface area contributed by atoms with Gasteiger partial charge in [0.25, 0.3) is 0 Å². The lowest BCUT2D eigenvalue weighted by Crippen LogP contribution is -2.44. The van der Waals surface area contributed by atoms with Crippen molar-refractivity contribution < 1.29 is 35.9 Å². The molecule has 5 nitrogen and oxygen atoms in total. The molecule has 0 radical (unpaired) electrons. The van der Waals surface area contributed by atoms with Gasteiger partial charge in [0.2, 0.25) is 10.0 Å². The van der Waals surface area contributed by atoms with Crippen LogP contribution in [-0.4, -0.2) is 25.5 Å². The molecule has 118 valence electrons. The van der Waals surface area contributed by atoms with Crippen LogP contribution in [0.1, 0.15) is 13.8 Å². The Labute approximate surface area is 117 Å². The van der Waals surface area contributed by atoms with Crippen LogP contribution < -0.4 is 4.72 Å². The number of aliphatic carboxylic acids is 1.